The lowest BCUT2D eigenvalue weighted by atomic mass is 9.97. The average Bonchev–Trinajstić information content (AvgIpc) is 3.32. The summed E-state index contributed by atoms with van der Waals surface area (Å²) in [5.74, 6) is 0.390. The van der Waals surface area contributed by atoms with Gasteiger partial charge < -0.3 is 20.5 Å². The van der Waals surface area contributed by atoms with Crippen LogP contribution >= 0.6 is 0 Å². The molecule has 1 aliphatic carbocycles. The second kappa shape index (κ2) is 6.91. The summed E-state index contributed by atoms with van der Waals surface area (Å²) < 4.78 is 5.06. The minimum atomic E-state index is -0.508. The lowest BCUT2D eigenvalue weighted by molar-refractivity contribution is 0.155. The number of ether oxygens (including phenoxy) is 1. The van der Waals surface area contributed by atoms with Gasteiger partial charge in [0, 0.05) is 13.7 Å². The van der Waals surface area contributed by atoms with Crippen LogP contribution in [-0.2, 0) is 17.9 Å². The van der Waals surface area contributed by atoms with Crippen LogP contribution in [0.25, 0.3) is 0 Å². The van der Waals surface area contributed by atoms with Crippen molar-refractivity contribution in [3.8, 4) is 0 Å². The van der Waals surface area contributed by atoms with Gasteiger partial charge in [0.1, 0.15) is 0 Å². The van der Waals surface area contributed by atoms with Gasteiger partial charge >= 0.3 is 6.03 Å². The first kappa shape index (κ1) is 15.8. The topological polar surface area (TPSA) is 70.6 Å². The number of urea groups is 1. The van der Waals surface area contributed by atoms with E-state index in [-0.39, 0.29) is 12.6 Å². The Hall–Kier alpha value is -1.59. The maximum Gasteiger partial charge on any atom is 0.315 e. The number of methoxy groups -OCH3 is 1. The quantitative estimate of drug-likeness (QED) is 0.717. The zero-order valence-electron chi connectivity index (χ0n) is 12.7. The van der Waals surface area contributed by atoms with Crippen molar-refractivity contribution in [1.82, 2.24) is 10.6 Å². The molecule has 1 unspecified atom stereocenters. The minimum absolute atomic E-state index is 0.0310. The van der Waals surface area contributed by atoms with Gasteiger partial charge in [-0.1, -0.05) is 24.3 Å². The first-order valence-corrected chi connectivity index (χ1v) is 7.31. The van der Waals surface area contributed by atoms with E-state index in [0.717, 1.165) is 24.0 Å². The van der Waals surface area contributed by atoms with Crippen LogP contribution in [-0.4, -0.2) is 30.4 Å². The lowest BCUT2D eigenvalue weighted by Gasteiger charge is -2.28. The predicted octanol–water partition coefficient (Wildman–Crippen LogP) is 1.79. The molecular weight excluding hydrogens is 268 g/mol. The molecule has 1 atom stereocenters. The molecule has 2 amide bonds. The van der Waals surface area contributed by atoms with E-state index >= 15 is 0 Å². The van der Waals surface area contributed by atoms with Crippen LogP contribution in [0, 0.1) is 5.92 Å². The van der Waals surface area contributed by atoms with E-state index < -0.39 is 5.54 Å². The number of aliphatic hydroxyl groups excluding tert-OH is 1. The van der Waals surface area contributed by atoms with E-state index in [0.29, 0.717) is 19.1 Å². The third-order valence-electron chi connectivity index (χ3n) is 3.99. The Balaban J connectivity index is 1.80. The monoisotopic (exact) mass is 292 g/mol. The van der Waals surface area contributed by atoms with Crippen molar-refractivity contribution in [3.63, 3.8) is 0 Å². The Bertz CT molecular complexity index is 471. The fourth-order valence-corrected chi connectivity index (χ4v) is 2.40. The molecule has 0 radical (unpaired) electrons. The molecule has 0 saturated heterocycles. The van der Waals surface area contributed by atoms with Gasteiger partial charge in [-0.25, -0.2) is 4.79 Å². The van der Waals surface area contributed by atoms with Crippen molar-refractivity contribution in [1.29, 1.82) is 0 Å². The molecule has 5 nitrogen and oxygen atoms in total. The molecular formula is C16H24N2O3. The van der Waals surface area contributed by atoms with Crippen molar-refractivity contribution >= 4 is 6.03 Å². The second-order valence-electron chi connectivity index (χ2n) is 5.91. The molecule has 0 heterocycles. The highest BCUT2D eigenvalue weighted by atomic mass is 16.5. The lowest BCUT2D eigenvalue weighted by Crippen LogP contribution is -2.53. The first-order chi connectivity index (χ1) is 10.1. The highest BCUT2D eigenvalue weighted by Gasteiger charge is 2.42. The predicted molar refractivity (Wildman–Crippen MR) is 80.7 cm³/mol. The molecule has 3 N–H and O–H groups in total. The van der Waals surface area contributed by atoms with E-state index in [2.05, 4.69) is 10.6 Å². The molecule has 0 bridgehead atoms. The molecule has 1 aliphatic rings. The molecule has 0 aliphatic heterocycles. The summed E-state index contributed by atoms with van der Waals surface area (Å²) in [7, 11) is 1.66. The number of rotatable bonds is 7. The largest absolute Gasteiger partial charge is 0.394 e. The third kappa shape index (κ3) is 4.44. The number of carbonyl (C=O) groups excluding carboxylic acids is 1. The Morgan fingerprint density at radius 1 is 1.33 bits per heavy atom. The van der Waals surface area contributed by atoms with Crippen molar-refractivity contribution in [2.75, 3.05) is 13.7 Å². The summed E-state index contributed by atoms with van der Waals surface area (Å²) in [4.78, 5) is 11.9. The molecule has 1 fully saturated rings. The summed E-state index contributed by atoms with van der Waals surface area (Å²) in [5.41, 5.74) is 1.63. The van der Waals surface area contributed by atoms with Gasteiger partial charge in [0.2, 0.25) is 0 Å². The van der Waals surface area contributed by atoms with Gasteiger partial charge in [-0.05, 0) is 36.8 Å². The van der Waals surface area contributed by atoms with Gasteiger partial charge in [-0.2, -0.15) is 0 Å². The number of aliphatic hydroxyl groups is 1. The van der Waals surface area contributed by atoms with Crippen LogP contribution in [0.2, 0.25) is 0 Å². The molecule has 5 heteroatoms. The zero-order chi connectivity index (χ0) is 15.3. The SMILES string of the molecule is COCc1ccc(CNC(=O)NC(C)(CO)C2CC2)cc1. The van der Waals surface area contributed by atoms with Crippen LogP contribution in [0.5, 0.6) is 0 Å². The highest BCUT2D eigenvalue weighted by molar-refractivity contribution is 5.74. The van der Waals surface area contributed by atoms with E-state index in [1.54, 1.807) is 7.11 Å². The number of amides is 2. The number of benzene rings is 1. The normalized spacial score (nSPS) is 17.1. The van der Waals surface area contributed by atoms with Crippen LogP contribution in [0.4, 0.5) is 4.79 Å². The standard InChI is InChI=1S/C16H24N2O3/c1-16(11-19,14-7-8-14)18-15(20)17-9-12-3-5-13(6-4-12)10-21-2/h3-6,14,19H,7-11H2,1-2H3,(H2,17,18,20). The molecule has 1 saturated carbocycles. The fourth-order valence-electron chi connectivity index (χ4n) is 2.40. The molecule has 116 valence electrons. The molecule has 1 aromatic carbocycles. The van der Waals surface area contributed by atoms with E-state index in [9.17, 15) is 9.90 Å². The summed E-state index contributed by atoms with van der Waals surface area (Å²) in [6.45, 7) is 2.91. The molecule has 2 rings (SSSR count). The van der Waals surface area contributed by atoms with Gasteiger partial charge in [-0.3, -0.25) is 0 Å². The minimum Gasteiger partial charge on any atom is -0.394 e. The maximum absolute atomic E-state index is 11.9. The Labute approximate surface area is 125 Å². The first-order valence-electron chi connectivity index (χ1n) is 7.31. The van der Waals surface area contributed by atoms with Crippen LogP contribution in [0.3, 0.4) is 0 Å². The molecule has 0 aromatic heterocycles. The van der Waals surface area contributed by atoms with Crippen molar-refractivity contribution in [2.24, 2.45) is 5.92 Å². The van der Waals surface area contributed by atoms with Gasteiger partial charge in [0.25, 0.3) is 0 Å². The molecule has 0 spiro atoms. The van der Waals surface area contributed by atoms with E-state index in [1.165, 1.54) is 0 Å². The summed E-state index contributed by atoms with van der Waals surface area (Å²) in [5, 5.41) is 15.2. The zero-order valence-corrected chi connectivity index (χ0v) is 12.7. The number of nitrogens with one attached hydrogen (secondary N) is 2. The summed E-state index contributed by atoms with van der Waals surface area (Å²) in [6, 6.07) is 7.68. The number of hydrogen-bond donors (Lipinski definition) is 3. The highest BCUT2D eigenvalue weighted by Crippen LogP contribution is 2.39. The Kier molecular flexibility index (Phi) is 5.20. The van der Waals surface area contributed by atoms with Crippen molar-refractivity contribution in [2.45, 2.75) is 38.5 Å². The van der Waals surface area contributed by atoms with Crippen molar-refractivity contribution < 1.29 is 14.6 Å². The Morgan fingerprint density at radius 2 is 1.95 bits per heavy atom. The van der Waals surface area contributed by atoms with Crippen LogP contribution in [0.1, 0.15) is 30.9 Å². The van der Waals surface area contributed by atoms with Crippen molar-refractivity contribution in [3.05, 3.63) is 35.4 Å². The van der Waals surface area contributed by atoms with Gasteiger partial charge in [-0.15, -0.1) is 0 Å². The van der Waals surface area contributed by atoms with Gasteiger partial charge in [0.05, 0.1) is 18.8 Å². The summed E-state index contributed by atoms with van der Waals surface area (Å²) >= 11 is 0. The van der Waals surface area contributed by atoms with E-state index in [4.69, 9.17) is 4.74 Å². The average molecular weight is 292 g/mol. The van der Waals surface area contributed by atoms with E-state index in [1.807, 2.05) is 31.2 Å². The molecule has 1 aromatic rings. The maximum atomic E-state index is 11.9. The third-order valence-corrected chi connectivity index (χ3v) is 3.99. The second-order valence-corrected chi connectivity index (χ2v) is 5.91. The smallest absolute Gasteiger partial charge is 0.315 e. The summed E-state index contributed by atoms with van der Waals surface area (Å²) in [6.07, 6.45) is 2.14. The Morgan fingerprint density at radius 3 is 2.48 bits per heavy atom. The van der Waals surface area contributed by atoms with Crippen LogP contribution in [0.15, 0.2) is 24.3 Å². The molecule has 21 heavy (non-hydrogen) atoms. The van der Waals surface area contributed by atoms with Crippen LogP contribution < -0.4 is 10.6 Å². The number of carbonyl (C=O) groups is 1. The fraction of sp³-hybridized carbons (Fsp3) is 0.562. The number of hydrogen-bond acceptors (Lipinski definition) is 3. The van der Waals surface area contributed by atoms with Gasteiger partial charge in [0.15, 0.2) is 0 Å².